The molecule has 0 heterocycles. The summed E-state index contributed by atoms with van der Waals surface area (Å²) >= 11 is 0. The molecule has 0 aliphatic rings. The van der Waals surface area contributed by atoms with Crippen molar-refractivity contribution in [3.8, 4) is 0 Å². The van der Waals surface area contributed by atoms with Gasteiger partial charge in [-0.05, 0) is 0 Å². The van der Waals surface area contributed by atoms with Gasteiger partial charge in [0.2, 0.25) is 0 Å². The Morgan fingerprint density at radius 2 is 0.574 bits per heavy atom. The van der Waals surface area contributed by atoms with Gasteiger partial charge in [0, 0.05) is 0 Å². The van der Waals surface area contributed by atoms with Crippen LogP contribution < -0.4 is 31.8 Å². The summed E-state index contributed by atoms with van der Waals surface area (Å²) in [5.41, 5.74) is 0. The monoisotopic (exact) mass is 856 g/mol. The molecule has 6 rings (SSSR count). The van der Waals surface area contributed by atoms with Crippen LogP contribution >= 0.6 is 15.0 Å². The van der Waals surface area contributed by atoms with Gasteiger partial charge in [-0.15, -0.1) is 0 Å². The summed E-state index contributed by atoms with van der Waals surface area (Å²) in [6.07, 6.45) is 3.47. The molecule has 316 valence electrons. The maximum atomic E-state index is 13.8. The number of carbonyl (C=O) groups is 4. The van der Waals surface area contributed by atoms with E-state index in [0.717, 1.165) is 38.2 Å². The van der Waals surface area contributed by atoms with Gasteiger partial charge < -0.3 is 0 Å². The second kappa shape index (κ2) is 22.1. The fourth-order valence-corrected chi connectivity index (χ4v) is 15.7. The minimum absolute atomic E-state index is 0.254. The first-order valence-electron chi connectivity index (χ1n) is 21.0. The standard InChI is InChI=1S/C51H54O8P2/c52-48(58-60(42-26-12-4-13-27-42,43-28-14-5-15-29-43)44-30-16-6-17-31-44)38-40(50(54)55)24-10-2-1-3-11-25-41(51(56)57)39-49(53)59-61(45-32-18-7-19-33-45,46-34-20-8-21-35-46)47-36-22-9-23-37-47/h4-9,12-23,26-37,40-41,60-61H,1-3,10-11,24-25,38-39H2,(H,54,55)(H,56,57). The molecule has 0 aliphatic carbocycles. The minimum atomic E-state index is -3.34. The van der Waals surface area contributed by atoms with E-state index in [4.69, 9.17) is 9.05 Å². The van der Waals surface area contributed by atoms with Gasteiger partial charge in [0.05, 0.1) is 0 Å². The number of hydrogen-bond donors (Lipinski definition) is 2. The van der Waals surface area contributed by atoms with E-state index in [1.165, 1.54) is 0 Å². The van der Waals surface area contributed by atoms with Crippen molar-refractivity contribution in [3.05, 3.63) is 182 Å². The Morgan fingerprint density at radius 3 is 0.787 bits per heavy atom. The molecular weight excluding hydrogens is 803 g/mol. The molecule has 0 saturated carbocycles. The topological polar surface area (TPSA) is 127 Å². The van der Waals surface area contributed by atoms with Crippen LogP contribution in [0.4, 0.5) is 0 Å². The number of carbonyl (C=O) groups excluding carboxylic acids is 2. The number of aliphatic carboxylic acids is 2. The predicted molar refractivity (Wildman–Crippen MR) is 249 cm³/mol. The second-order valence-electron chi connectivity index (χ2n) is 15.3. The zero-order valence-electron chi connectivity index (χ0n) is 34.2. The Morgan fingerprint density at radius 1 is 0.361 bits per heavy atom. The van der Waals surface area contributed by atoms with Gasteiger partial charge in [0.25, 0.3) is 0 Å². The molecule has 2 unspecified atom stereocenters. The summed E-state index contributed by atoms with van der Waals surface area (Å²) in [6.45, 7) is 0. The maximum absolute atomic E-state index is 13.8. The van der Waals surface area contributed by atoms with E-state index in [-0.39, 0.29) is 12.8 Å². The van der Waals surface area contributed by atoms with Crippen molar-refractivity contribution in [2.45, 2.75) is 57.8 Å². The molecule has 6 aromatic rings. The first-order valence-corrected chi connectivity index (χ1v) is 24.8. The fourth-order valence-electron chi connectivity index (χ4n) is 8.16. The zero-order valence-corrected chi connectivity index (χ0v) is 36.2. The molecule has 8 nitrogen and oxygen atoms in total. The average molecular weight is 857 g/mol. The number of carboxylic acid groups (broad SMARTS) is 2. The number of unbranched alkanes of at least 4 members (excludes halogenated alkanes) is 4. The molecule has 2 atom stereocenters. The van der Waals surface area contributed by atoms with Gasteiger partial charge in [-0.1, -0.05) is 0 Å². The molecule has 61 heavy (non-hydrogen) atoms. The molecule has 0 bridgehead atoms. The number of carboxylic acids is 2. The number of hydrogen-bond acceptors (Lipinski definition) is 6. The summed E-state index contributed by atoms with van der Waals surface area (Å²) in [7, 11) is -6.68. The predicted octanol–water partition coefficient (Wildman–Crippen LogP) is 8.27. The van der Waals surface area contributed by atoms with Crippen LogP contribution in [-0.2, 0) is 28.2 Å². The summed E-state index contributed by atoms with van der Waals surface area (Å²) in [5, 5.41) is 25.7. The van der Waals surface area contributed by atoms with Crippen molar-refractivity contribution in [1.82, 2.24) is 0 Å². The normalized spacial score (nSPS) is 13.0. The quantitative estimate of drug-likeness (QED) is 0.0517. The van der Waals surface area contributed by atoms with E-state index >= 15 is 0 Å². The molecule has 0 radical (unpaired) electrons. The van der Waals surface area contributed by atoms with Gasteiger partial charge in [0.15, 0.2) is 0 Å². The van der Waals surface area contributed by atoms with Crippen LogP contribution in [0.3, 0.4) is 0 Å². The van der Waals surface area contributed by atoms with Crippen LogP contribution in [0.25, 0.3) is 0 Å². The molecule has 0 spiro atoms. The molecule has 0 amide bonds. The first kappa shape index (κ1) is 44.6. The van der Waals surface area contributed by atoms with Crippen LogP contribution in [0, 0.1) is 11.8 Å². The van der Waals surface area contributed by atoms with Crippen molar-refractivity contribution in [1.29, 1.82) is 0 Å². The van der Waals surface area contributed by atoms with Gasteiger partial charge in [-0.3, -0.25) is 0 Å². The van der Waals surface area contributed by atoms with Crippen molar-refractivity contribution in [2.24, 2.45) is 11.8 Å². The Balaban J connectivity index is 1.04. The van der Waals surface area contributed by atoms with Gasteiger partial charge in [-0.2, -0.15) is 0 Å². The third-order valence-electron chi connectivity index (χ3n) is 11.2. The molecule has 10 heteroatoms. The summed E-state index contributed by atoms with van der Waals surface area (Å²) in [6, 6.07) is 58.1. The van der Waals surface area contributed by atoms with Crippen LogP contribution in [0.2, 0.25) is 0 Å². The van der Waals surface area contributed by atoms with E-state index in [0.29, 0.717) is 38.5 Å². The Bertz CT molecular complexity index is 1940. The Hall–Kier alpha value is -5.94. The Kier molecular flexibility index (Phi) is 16.1. The fraction of sp³-hybridized carbons (Fsp3) is 0.216. The molecule has 6 aromatic carbocycles. The number of benzene rings is 6. The van der Waals surface area contributed by atoms with Crippen molar-refractivity contribution in [3.63, 3.8) is 0 Å². The van der Waals surface area contributed by atoms with Crippen molar-refractivity contribution in [2.75, 3.05) is 0 Å². The Labute approximate surface area is 359 Å². The van der Waals surface area contributed by atoms with Crippen LogP contribution in [-0.4, -0.2) is 34.1 Å². The van der Waals surface area contributed by atoms with Crippen molar-refractivity contribution >= 4 is 70.7 Å². The molecule has 0 saturated heterocycles. The van der Waals surface area contributed by atoms with E-state index in [2.05, 4.69) is 0 Å². The SMILES string of the molecule is O=C(CC(CCCCCCCC(CC(=O)O[PH](c1ccccc1)(c1ccccc1)c1ccccc1)C(=O)O)C(=O)O)O[PH](c1ccccc1)(c1ccccc1)c1ccccc1. The first-order chi connectivity index (χ1) is 29.7. The summed E-state index contributed by atoms with van der Waals surface area (Å²) < 4.78 is 13.1. The van der Waals surface area contributed by atoms with Crippen LogP contribution in [0.5, 0.6) is 0 Å². The third kappa shape index (κ3) is 11.3. The second-order valence-corrected chi connectivity index (χ2v) is 21.9. The summed E-state index contributed by atoms with van der Waals surface area (Å²) in [5.74, 6) is -5.02. The van der Waals surface area contributed by atoms with E-state index < -0.39 is 50.7 Å². The molecule has 2 N–H and O–H groups in total. The van der Waals surface area contributed by atoms with Gasteiger partial charge in [-0.25, -0.2) is 0 Å². The van der Waals surface area contributed by atoms with Crippen LogP contribution in [0.15, 0.2) is 182 Å². The third-order valence-corrected chi connectivity index (χ3v) is 19.2. The van der Waals surface area contributed by atoms with Gasteiger partial charge in [0.1, 0.15) is 0 Å². The van der Waals surface area contributed by atoms with Crippen molar-refractivity contribution < 1.29 is 38.4 Å². The average Bonchev–Trinajstić information content (AvgIpc) is 3.30. The van der Waals surface area contributed by atoms with Crippen LogP contribution in [0.1, 0.15) is 57.8 Å². The van der Waals surface area contributed by atoms with E-state index in [1.807, 2.05) is 182 Å². The number of rotatable bonds is 22. The molecule has 0 aliphatic heterocycles. The molecule has 0 fully saturated rings. The van der Waals surface area contributed by atoms with Gasteiger partial charge >= 0.3 is 361 Å². The van der Waals surface area contributed by atoms with E-state index in [9.17, 15) is 29.4 Å². The summed E-state index contributed by atoms with van der Waals surface area (Å²) in [4.78, 5) is 52.5. The molecular formula is C51H54O8P2. The zero-order chi connectivity index (χ0) is 42.9. The molecule has 0 aromatic heterocycles. The van der Waals surface area contributed by atoms with E-state index in [1.54, 1.807) is 0 Å².